The van der Waals surface area contributed by atoms with E-state index in [1.54, 1.807) is 6.07 Å². The Bertz CT molecular complexity index is 449. The topological polar surface area (TPSA) is 53.0 Å². The number of nitrogens with zero attached hydrogens (tertiary/aromatic N) is 2. The number of anilines is 1. The molecule has 0 aliphatic heterocycles. The van der Waals surface area contributed by atoms with Crippen LogP contribution in [0.15, 0.2) is 18.2 Å². The van der Waals surface area contributed by atoms with E-state index < -0.39 is 0 Å². The molecule has 3 nitrogen and oxygen atoms in total. The standard InChI is InChI=1S/C15H22FN3/c1-11(2)10-19(8-4-7-17)15-6-5-13(16)9-14(15)12(3)18/h5-6,9,11-12H,4,8,10,18H2,1-3H3/t12-/m1/s1. The zero-order chi connectivity index (χ0) is 14.4. The van der Waals surface area contributed by atoms with Crippen molar-refractivity contribution in [1.29, 1.82) is 5.26 Å². The molecule has 1 aromatic carbocycles. The summed E-state index contributed by atoms with van der Waals surface area (Å²) in [5, 5.41) is 8.76. The molecule has 0 aliphatic carbocycles. The fourth-order valence-corrected chi connectivity index (χ4v) is 2.11. The van der Waals surface area contributed by atoms with E-state index in [1.165, 1.54) is 12.1 Å². The largest absolute Gasteiger partial charge is 0.370 e. The molecular formula is C15H22FN3. The number of nitriles is 1. The predicted octanol–water partition coefficient (Wildman–Crippen LogP) is 3.22. The van der Waals surface area contributed by atoms with E-state index in [-0.39, 0.29) is 11.9 Å². The van der Waals surface area contributed by atoms with Crippen LogP contribution in [-0.2, 0) is 0 Å². The molecule has 19 heavy (non-hydrogen) atoms. The normalized spacial score (nSPS) is 12.3. The minimum atomic E-state index is -0.277. The smallest absolute Gasteiger partial charge is 0.123 e. The lowest BCUT2D eigenvalue weighted by Crippen LogP contribution is -2.30. The number of nitrogens with two attached hydrogens (primary N) is 1. The van der Waals surface area contributed by atoms with Gasteiger partial charge in [0, 0.05) is 24.8 Å². The molecule has 0 radical (unpaired) electrons. The highest BCUT2D eigenvalue weighted by Gasteiger charge is 2.15. The summed E-state index contributed by atoms with van der Waals surface area (Å²) in [4.78, 5) is 2.12. The van der Waals surface area contributed by atoms with Crippen molar-refractivity contribution in [3.8, 4) is 6.07 Å². The molecule has 0 aromatic heterocycles. The maximum atomic E-state index is 13.4. The number of benzene rings is 1. The van der Waals surface area contributed by atoms with Crippen LogP contribution in [0.1, 0.15) is 38.8 Å². The summed E-state index contributed by atoms with van der Waals surface area (Å²) in [6.07, 6.45) is 0.447. The van der Waals surface area contributed by atoms with Gasteiger partial charge in [0.15, 0.2) is 0 Å². The molecule has 0 unspecified atom stereocenters. The highest BCUT2D eigenvalue weighted by atomic mass is 19.1. The predicted molar refractivity (Wildman–Crippen MR) is 76.3 cm³/mol. The molecule has 1 atom stereocenters. The van der Waals surface area contributed by atoms with Crippen LogP contribution in [0, 0.1) is 23.1 Å². The van der Waals surface area contributed by atoms with Crippen molar-refractivity contribution in [1.82, 2.24) is 0 Å². The molecule has 2 N–H and O–H groups in total. The molecule has 0 heterocycles. The van der Waals surface area contributed by atoms with Gasteiger partial charge in [-0.05, 0) is 36.6 Å². The molecule has 0 saturated carbocycles. The Morgan fingerprint density at radius 2 is 2.05 bits per heavy atom. The molecule has 0 bridgehead atoms. The third kappa shape index (κ3) is 4.53. The second-order valence-electron chi connectivity index (χ2n) is 5.24. The van der Waals surface area contributed by atoms with Crippen molar-refractivity contribution >= 4 is 5.69 Å². The van der Waals surface area contributed by atoms with Crippen molar-refractivity contribution in [2.75, 3.05) is 18.0 Å². The Morgan fingerprint density at radius 3 is 2.58 bits per heavy atom. The van der Waals surface area contributed by atoms with E-state index in [1.807, 2.05) is 6.92 Å². The van der Waals surface area contributed by atoms with Crippen molar-refractivity contribution < 1.29 is 4.39 Å². The Hall–Kier alpha value is -1.60. The van der Waals surface area contributed by atoms with Crippen LogP contribution in [0.5, 0.6) is 0 Å². The van der Waals surface area contributed by atoms with Gasteiger partial charge in [0.05, 0.1) is 12.5 Å². The Kier molecular flexibility index (Phi) is 5.78. The van der Waals surface area contributed by atoms with Gasteiger partial charge in [0.1, 0.15) is 5.82 Å². The third-order valence-electron chi connectivity index (χ3n) is 2.90. The summed E-state index contributed by atoms with van der Waals surface area (Å²) in [5.74, 6) is 0.186. The van der Waals surface area contributed by atoms with Crippen molar-refractivity contribution in [2.24, 2.45) is 11.7 Å². The van der Waals surface area contributed by atoms with Crippen LogP contribution in [0.3, 0.4) is 0 Å². The SMILES string of the molecule is CC(C)CN(CCC#N)c1ccc(F)cc1[C@@H](C)N. The molecule has 1 aromatic rings. The van der Waals surface area contributed by atoms with Gasteiger partial charge in [-0.1, -0.05) is 13.8 Å². The van der Waals surface area contributed by atoms with Gasteiger partial charge in [-0.25, -0.2) is 4.39 Å². The van der Waals surface area contributed by atoms with Gasteiger partial charge in [-0.3, -0.25) is 0 Å². The third-order valence-corrected chi connectivity index (χ3v) is 2.90. The second-order valence-corrected chi connectivity index (χ2v) is 5.24. The Labute approximate surface area is 114 Å². The summed E-state index contributed by atoms with van der Waals surface area (Å²) >= 11 is 0. The van der Waals surface area contributed by atoms with Gasteiger partial charge in [-0.2, -0.15) is 5.26 Å². The molecule has 0 amide bonds. The van der Waals surface area contributed by atoms with Crippen molar-refractivity contribution in [3.05, 3.63) is 29.6 Å². The molecule has 0 fully saturated rings. The molecule has 1 rings (SSSR count). The Balaban J connectivity index is 3.10. The first kappa shape index (κ1) is 15.5. The molecule has 0 saturated heterocycles. The average Bonchev–Trinajstić information content (AvgIpc) is 2.34. The molecule has 0 aliphatic rings. The summed E-state index contributed by atoms with van der Waals surface area (Å²) in [7, 11) is 0. The van der Waals surface area contributed by atoms with Crippen LogP contribution < -0.4 is 10.6 Å². The fraction of sp³-hybridized carbons (Fsp3) is 0.533. The van der Waals surface area contributed by atoms with Gasteiger partial charge >= 0.3 is 0 Å². The van der Waals surface area contributed by atoms with E-state index in [9.17, 15) is 4.39 Å². The van der Waals surface area contributed by atoms with E-state index in [0.717, 1.165) is 17.8 Å². The molecule has 0 spiro atoms. The van der Waals surface area contributed by atoms with Crippen molar-refractivity contribution in [3.63, 3.8) is 0 Å². The lowest BCUT2D eigenvalue weighted by atomic mass is 10.0. The Morgan fingerprint density at radius 1 is 1.37 bits per heavy atom. The summed E-state index contributed by atoms with van der Waals surface area (Å²) < 4.78 is 13.4. The minimum Gasteiger partial charge on any atom is -0.370 e. The van der Waals surface area contributed by atoms with Gasteiger partial charge in [-0.15, -0.1) is 0 Å². The van der Waals surface area contributed by atoms with E-state index in [0.29, 0.717) is 18.9 Å². The molecule has 4 heteroatoms. The lowest BCUT2D eigenvalue weighted by Gasteiger charge is -2.29. The number of halogens is 1. The van der Waals surface area contributed by atoms with Crippen LogP contribution in [0.2, 0.25) is 0 Å². The molecule has 104 valence electrons. The van der Waals surface area contributed by atoms with Crippen LogP contribution >= 0.6 is 0 Å². The maximum Gasteiger partial charge on any atom is 0.123 e. The summed E-state index contributed by atoms with van der Waals surface area (Å²) in [5.41, 5.74) is 7.64. The van der Waals surface area contributed by atoms with E-state index in [2.05, 4.69) is 24.8 Å². The average molecular weight is 263 g/mol. The first-order valence-electron chi connectivity index (χ1n) is 6.62. The van der Waals surface area contributed by atoms with Crippen molar-refractivity contribution in [2.45, 2.75) is 33.2 Å². The number of rotatable bonds is 6. The maximum absolute atomic E-state index is 13.4. The summed E-state index contributed by atoms with van der Waals surface area (Å²) in [6.45, 7) is 7.55. The van der Waals surface area contributed by atoms with Gasteiger partial charge in [0.25, 0.3) is 0 Å². The quantitative estimate of drug-likeness (QED) is 0.857. The van der Waals surface area contributed by atoms with E-state index in [4.69, 9.17) is 11.0 Å². The van der Waals surface area contributed by atoms with Crippen LogP contribution in [-0.4, -0.2) is 13.1 Å². The zero-order valence-electron chi connectivity index (χ0n) is 11.9. The first-order chi connectivity index (χ1) is 8.95. The number of hydrogen-bond donors (Lipinski definition) is 1. The highest BCUT2D eigenvalue weighted by Crippen LogP contribution is 2.27. The summed E-state index contributed by atoms with van der Waals surface area (Å²) in [6, 6.07) is 6.61. The second kappa shape index (κ2) is 7.10. The van der Waals surface area contributed by atoms with E-state index >= 15 is 0 Å². The molecular weight excluding hydrogens is 241 g/mol. The highest BCUT2D eigenvalue weighted by molar-refractivity contribution is 5.55. The van der Waals surface area contributed by atoms with Gasteiger partial charge in [0.2, 0.25) is 0 Å². The van der Waals surface area contributed by atoms with Crippen LogP contribution in [0.25, 0.3) is 0 Å². The zero-order valence-corrected chi connectivity index (χ0v) is 11.9. The first-order valence-corrected chi connectivity index (χ1v) is 6.62. The lowest BCUT2D eigenvalue weighted by molar-refractivity contribution is 0.602. The van der Waals surface area contributed by atoms with Gasteiger partial charge < -0.3 is 10.6 Å². The fourth-order valence-electron chi connectivity index (χ4n) is 2.11. The minimum absolute atomic E-state index is 0.234. The number of hydrogen-bond acceptors (Lipinski definition) is 3. The monoisotopic (exact) mass is 263 g/mol. The van der Waals surface area contributed by atoms with Crippen LogP contribution in [0.4, 0.5) is 10.1 Å².